The van der Waals surface area contributed by atoms with Crippen molar-refractivity contribution in [2.24, 2.45) is 5.92 Å². The van der Waals surface area contributed by atoms with Crippen molar-refractivity contribution < 1.29 is 0 Å². The van der Waals surface area contributed by atoms with Crippen molar-refractivity contribution in [2.75, 3.05) is 0 Å². The summed E-state index contributed by atoms with van der Waals surface area (Å²) in [5.74, 6) is 0.560. The van der Waals surface area contributed by atoms with E-state index in [1.807, 2.05) is 0 Å². The third kappa shape index (κ3) is 3.49. The summed E-state index contributed by atoms with van der Waals surface area (Å²) in [7, 11) is 0. The zero-order chi connectivity index (χ0) is 7.98. The van der Waals surface area contributed by atoms with E-state index < -0.39 is 0 Å². The molecule has 0 amide bonds. The summed E-state index contributed by atoms with van der Waals surface area (Å²) in [6.45, 7) is 10.5. The summed E-state index contributed by atoms with van der Waals surface area (Å²) in [5.41, 5.74) is 1.32. The van der Waals surface area contributed by atoms with Crippen molar-refractivity contribution in [3.05, 3.63) is 24.3 Å². The van der Waals surface area contributed by atoms with E-state index in [1.54, 1.807) is 0 Å². The lowest BCUT2D eigenvalue weighted by Crippen LogP contribution is -1.91. The molecule has 0 heteroatoms. The molecule has 0 aliphatic heterocycles. The van der Waals surface area contributed by atoms with Gasteiger partial charge in [0.25, 0.3) is 0 Å². The van der Waals surface area contributed by atoms with Crippen molar-refractivity contribution in [3.8, 4) is 0 Å². The van der Waals surface area contributed by atoms with Gasteiger partial charge >= 0.3 is 0 Å². The fraction of sp³-hybridized carbons (Fsp3) is 0.600. The van der Waals surface area contributed by atoms with Gasteiger partial charge in [-0.15, -0.1) is 0 Å². The Hall–Kier alpha value is -0.520. The van der Waals surface area contributed by atoms with Gasteiger partial charge in [0, 0.05) is 0 Å². The summed E-state index contributed by atoms with van der Waals surface area (Å²) in [4.78, 5) is 0. The van der Waals surface area contributed by atoms with Crippen molar-refractivity contribution in [1.82, 2.24) is 0 Å². The largest absolute Gasteiger partial charge is 0.0993 e. The molecule has 0 rings (SSSR count). The van der Waals surface area contributed by atoms with Gasteiger partial charge in [0.05, 0.1) is 0 Å². The van der Waals surface area contributed by atoms with Crippen LogP contribution >= 0.6 is 0 Å². The van der Waals surface area contributed by atoms with Gasteiger partial charge in [0.15, 0.2) is 0 Å². The minimum atomic E-state index is 0.560. The molecule has 0 bridgehead atoms. The molecule has 0 aliphatic rings. The Morgan fingerprint density at radius 1 is 1.50 bits per heavy atom. The summed E-state index contributed by atoms with van der Waals surface area (Å²) in [6, 6.07) is 0. The highest BCUT2D eigenvalue weighted by Gasteiger charge is 1.97. The van der Waals surface area contributed by atoms with E-state index in [4.69, 9.17) is 0 Å². The number of hydrogen-bond acceptors (Lipinski definition) is 0. The third-order valence-corrected chi connectivity index (χ3v) is 1.76. The second-order valence-corrected chi connectivity index (χ2v) is 2.64. The number of rotatable bonds is 4. The van der Waals surface area contributed by atoms with Crippen LogP contribution in [-0.4, -0.2) is 0 Å². The summed E-state index contributed by atoms with van der Waals surface area (Å²) in [5, 5.41) is 0. The van der Waals surface area contributed by atoms with Gasteiger partial charge in [-0.1, -0.05) is 45.1 Å². The lowest BCUT2D eigenvalue weighted by molar-refractivity contribution is 0.811. The molecule has 0 heterocycles. The van der Waals surface area contributed by atoms with Gasteiger partial charge in [-0.2, -0.15) is 0 Å². The highest BCUT2D eigenvalue weighted by Crippen LogP contribution is 2.12. The quantitative estimate of drug-likeness (QED) is 0.521. The average molecular weight is 138 g/mol. The first-order chi connectivity index (χ1) is 4.72. The Morgan fingerprint density at radius 3 is 2.50 bits per heavy atom. The summed E-state index contributed by atoms with van der Waals surface area (Å²) < 4.78 is 0. The highest BCUT2D eigenvalue weighted by atomic mass is 14.0. The summed E-state index contributed by atoms with van der Waals surface area (Å²) >= 11 is 0. The molecule has 0 saturated heterocycles. The normalized spacial score (nSPS) is 13.9. The molecule has 0 aromatic carbocycles. The zero-order valence-electron chi connectivity index (χ0n) is 7.35. The van der Waals surface area contributed by atoms with Crippen molar-refractivity contribution in [2.45, 2.75) is 33.6 Å². The molecular weight excluding hydrogens is 120 g/mol. The molecule has 0 aliphatic carbocycles. The molecule has 0 nitrogen and oxygen atoms in total. The van der Waals surface area contributed by atoms with Crippen LogP contribution in [0.15, 0.2) is 24.3 Å². The van der Waals surface area contributed by atoms with E-state index in [0.717, 1.165) is 12.8 Å². The average Bonchev–Trinajstić information content (AvgIpc) is 1.98. The monoisotopic (exact) mass is 138 g/mol. The van der Waals surface area contributed by atoms with Gasteiger partial charge in [-0.05, 0) is 18.8 Å². The van der Waals surface area contributed by atoms with Crippen LogP contribution in [-0.2, 0) is 0 Å². The Morgan fingerprint density at radius 2 is 2.10 bits per heavy atom. The Bertz CT molecular complexity index is 120. The molecule has 0 spiro atoms. The molecule has 0 saturated carbocycles. The minimum Gasteiger partial charge on any atom is -0.0993 e. The van der Waals surface area contributed by atoms with E-state index in [-0.39, 0.29) is 0 Å². The predicted molar refractivity (Wildman–Crippen MR) is 48.0 cm³/mol. The zero-order valence-corrected chi connectivity index (χ0v) is 7.35. The first-order valence-electron chi connectivity index (χ1n) is 4.06. The minimum absolute atomic E-state index is 0.560. The van der Waals surface area contributed by atoms with E-state index in [9.17, 15) is 0 Å². The molecule has 0 radical (unpaired) electrons. The van der Waals surface area contributed by atoms with E-state index in [1.165, 1.54) is 5.57 Å². The second-order valence-electron chi connectivity index (χ2n) is 2.64. The van der Waals surface area contributed by atoms with Crippen molar-refractivity contribution >= 4 is 0 Å². The molecule has 0 fully saturated rings. The van der Waals surface area contributed by atoms with Gasteiger partial charge in [-0.3, -0.25) is 0 Å². The fourth-order valence-corrected chi connectivity index (χ4v) is 0.798. The van der Waals surface area contributed by atoms with Crippen LogP contribution in [0.4, 0.5) is 0 Å². The standard InChI is InChI=1S/C10H18/c1-5-7-8-10(4)9(3)6-2/h7-8,10H,3,5-6H2,1-2,4H3. The SMILES string of the molecule is C=C(CC)C(C)C=CCC. The lowest BCUT2D eigenvalue weighted by atomic mass is 10.0. The maximum absolute atomic E-state index is 3.97. The van der Waals surface area contributed by atoms with Crippen molar-refractivity contribution in [1.29, 1.82) is 0 Å². The van der Waals surface area contributed by atoms with Crippen LogP contribution in [0.25, 0.3) is 0 Å². The maximum atomic E-state index is 3.97. The predicted octanol–water partition coefficient (Wildman–Crippen LogP) is 3.55. The maximum Gasteiger partial charge on any atom is -0.00545 e. The van der Waals surface area contributed by atoms with Gasteiger partial charge in [0.2, 0.25) is 0 Å². The van der Waals surface area contributed by atoms with E-state index >= 15 is 0 Å². The van der Waals surface area contributed by atoms with Crippen LogP contribution in [0, 0.1) is 5.92 Å². The van der Waals surface area contributed by atoms with E-state index in [2.05, 4.69) is 39.5 Å². The lowest BCUT2D eigenvalue weighted by Gasteiger charge is -2.06. The Labute approximate surface area is 64.6 Å². The van der Waals surface area contributed by atoms with Crippen molar-refractivity contribution in [3.63, 3.8) is 0 Å². The van der Waals surface area contributed by atoms with Crippen LogP contribution in [0.5, 0.6) is 0 Å². The molecule has 58 valence electrons. The van der Waals surface area contributed by atoms with Crippen LogP contribution < -0.4 is 0 Å². The highest BCUT2D eigenvalue weighted by molar-refractivity contribution is 5.06. The fourth-order valence-electron chi connectivity index (χ4n) is 0.798. The first-order valence-corrected chi connectivity index (χ1v) is 4.06. The molecule has 1 unspecified atom stereocenters. The number of hydrogen-bond donors (Lipinski definition) is 0. The topological polar surface area (TPSA) is 0 Å². The molecule has 0 aromatic rings. The molecular formula is C10H18. The smallest absolute Gasteiger partial charge is 0.00545 e. The third-order valence-electron chi connectivity index (χ3n) is 1.76. The Balaban J connectivity index is 3.72. The van der Waals surface area contributed by atoms with Gasteiger partial charge in [0.1, 0.15) is 0 Å². The molecule has 0 N–H and O–H groups in total. The number of allylic oxidation sites excluding steroid dienone is 3. The van der Waals surface area contributed by atoms with E-state index in [0.29, 0.717) is 5.92 Å². The first kappa shape index (κ1) is 9.48. The molecule has 0 aromatic heterocycles. The molecule has 1 atom stereocenters. The Kier molecular flexibility index (Phi) is 5.00. The second kappa shape index (κ2) is 5.28. The van der Waals surface area contributed by atoms with Gasteiger partial charge in [-0.25, -0.2) is 0 Å². The molecule has 10 heavy (non-hydrogen) atoms. The van der Waals surface area contributed by atoms with Crippen LogP contribution in [0.3, 0.4) is 0 Å². The summed E-state index contributed by atoms with van der Waals surface area (Å²) in [6.07, 6.45) is 6.65. The van der Waals surface area contributed by atoms with Crippen LogP contribution in [0.1, 0.15) is 33.6 Å². The van der Waals surface area contributed by atoms with Gasteiger partial charge < -0.3 is 0 Å². The van der Waals surface area contributed by atoms with Crippen LogP contribution in [0.2, 0.25) is 0 Å².